The first-order valence-electron chi connectivity index (χ1n) is 8.96. The van der Waals surface area contributed by atoms with E-state index in [1.807, 2.05) is 36.4 Å². The molecule has 2 N–H and O–H groups in total. The number of hydrogen-bond donors (Lipinski definition) is 2. The summed E-state index contributed by atoms with van der Waals surface area (Å²) in [6, 6.07) is 17.9. The second-order valence-corrected chi connectivity index (χ2v) is 6.65. The van der Waals surface area contributed by atoms with Gasteiger partial charge in [0.05, 0.1) is 12.2 Å². The fraction of sp³-hybridized carbons (Fsp3) is 0.174. The van der Waals surface area contributed by atoms with Crippen LogP contribution in [0.25, 0.3) is 28.0 Å². The molecule has 0 aliphatic carbocycles. The first kappa shape index (κ1) is 23.3. The van der Waals surface area contributed by atoms with Crippen LogP contribution in [0.1, 0.15) is 18.4 Å². The van der Waals surface area contributed by atoms with Gasteiger partial charge in [-0.2, -0.15) is 0 Å². The molecule has 6 heteroatoms. The van der Waals surface area contributed by atoms with Gasteiger partial charge in [-0.05, 0) is 39.6 Å². The third-order valence-electron chi connectivity index (χ3n) is 4.53. The van der Waals surface area contributed by atoms with Gasteiger partial charge in [0.2, 0.25) is 0 Å². The predicted octanol–water partition coefficient (Wildman–Crippen LogP) is -0.0850. The Morgan fingerprint density at radius 1 is 1.03 bits per heavy atom. The molecule has 0 fully saturated rings. The van der Waals surface area contributed by atoms with E-state index < -0.39 is 24.6 Å². The van der Waals surface area contributed by atoms with Gasteiger partial charge in [-0.1, -0.05) is 60.7 Å². The van der Waals surface area contributed by atoms with Crippen LogP contribution in [-0.4, -0.2) is 28.4 Å². The summed E-state index contributed by atoms with van der Waals surface area (Å²) < 4.78 is 13.3. The largest absolute Gasteiger partial charge is 1.00 e. The van der Waals surface area contributed by atoms with E-state index in [2.05, 4.69) is 0 Å². The molecule has 0 bridgehead atoms. The smallest absolute Gasteiger partial charge is 0.550 e. The maximum Gasteiger partial charge on any atom is 1.00 e. The van der Waals surface area contributed by atoms with Gasteiger partial charge in [-0.15, -0.1) is 0 Å². The van der Waals surface area contributed by atoms with Crippen LogP contribution in [0, 0.1) is 5.82 Å². The SMILES string of the molecule is O=C([O-])CC(O)CC(O)/C=C/c1c(-c2ccc(F)cc2)ccc2ccccc12.[Na+]. The Hall–Kier alpha value is -2.02. The van der Waals surface area contributed by atoms with Crippen LogP contribution in [0.2, 0.25) is 0 Å². The molecule has 0 aliphatic heterocycles. The van der Waals surface area contributed by atoms with E-state index in [0.29, 0.717) is 0 Å². The quantitative estimate of drug-likeness (QED) is 0.542. The average molecular weight is 402 g/mol. The van der Waals surface area contributed by atoms with Crippen molar-refractivity contribution in [1.82, 2.24) is 0 Å². The van der Waals surface area contributed by atoms with Gasteiger partial charge in [-0.25, -0.2) is 4.39 Å². The second kappa shape index (κ2) is 10.7. The number of carbonyl (C=O) groups excluding carboxylic acids is 1. The van der Waals surface area contributed by atoms with Crippen LogP contribution < -0.4 is 34.7 Å². The molecule has 144 valence electrons. The fourth-order valence-electron chi connectivity index (χ4n) is 3.20. The average Bonchev–Trinajstić information content (AvgIpc) is 2.66. The molecule has 2 unspecified atom stereocenters. The first-order valence-corrected chi connectivity index (χ1v) is 8.96. The monoisotopic (exact) mass is 402 g/mol. The van der Waals surface area contributed by atoms with E-state index in [4.69, 9.17) is 0 Å². The number of carboxylic acids is 1. The van der Waals surface area contributed by atoms with E-state index in [-0.39, 0.29) is 41.8 Å². The van der Waals surface area contributed by atoms with Crippen molar-refractivity contribution >= 4 is 22.8 Å². The minimum atomic E-state index is -1.36. The summed E-state index contributed by atoms with van der Waals surface area (Å²) in [5.74, 6) is -1.68. The van der Waals surface area contributed by atoms with E-state index in [0.717, 1.165) is 27.5 Å². The van der Waals surface area contributed by atoms with Crippen LogP contribution in [0.5, 0.6) is 0 Å². The van der Waals surface area contributed by atoms with Crippen molar-refractivity contribution in [3.63, 3.8) is 0 Å². The normalized spacial score (nSPS) is 13.2. The molecule has 29 heavy (non-hydrogen) atoms. The molecule has 2 atom stereocenters. The number of carboxylic acid groups (broad SMARTS) is 1. The van der Waals surface area contributed by atoms with E-state index in [9.17, 15) is 24.5 Å². The maximum absolute atomic E-state index is 13.3. The minimum Gasteiger partial charge on any atom is -0.550 e. The zero-order chi connectivity index (χ0) is 20.1. The van der Waals surface area contributed by atoms with Crippen LogP contribution >= 0.6 is 0 Å². The number of aliphatic hydroxyl groups is 2. The Bertz CT molecular complexity index is 1000. The van der Waals surface area contributed by atoms with Gasteiger partial charge in [-0.3, -0.25) is 0 Å². The third kappa shape index (κ3) is 6.23. The molecule has 3 aromatic carbocycles. The molecule has 0 heterocycles. The summed E-state index contributed by atoms with van der Waals surface area (Å²) >= 11 is 0. The van der Waals surface area contributed by atoms with Gasteiger partial charge < -0.3 is 20.1 Å². The fourth-order valence-corrected chi connectivity index (χ4v) is 3.20. The van der Waals surface area contributed by atoms with Gasteiger partial charge >= 0.3 is 29.6 Å². The third-order valence-corrected chi connectivity index (χ3v) is 4.53. The molecule has 4 nitrogen and oxygen atoms in total. The molecule has 0 saturated heterocycles. The van der Waals surface area contributed by atoms with Crippen LogP contribution in [0.3, 0.4) is 0 Å². The predicted molar refractivity (Wildman–Crippen MR) is 105 cm³/mol. The van der Waals surface area contributed by atoms with Gasteiger partial charge in [0, 0.05) is 18.8 Å². The van der Waals surface area contributed by atoms with E-state index in [1.165, 1.54) is 18.2 Å². The number of aliphatic hydroxyl groups excluding tert-OH is 2. The van der Waals surface area contributed by atoms with Gasteiger partial charge in [0.15, 0.2) is 0 Å². The maximum atomic E-state index is 13.3. The number of aliphatic carboxylic acids is 1. The number of benzene rings is 3. The molecule has 0 aliphatic rings. The molecule has 3 rings (SSSR count). The molecule has 0 aromatic heterocycles. The van der Waals surface area contributed by atoms with E-state index >= 15 is 0 Å². The number of hydrogen-bond acceptors (Lipinski definition) is 4. The number of halogens is 1. The van der Waals surface area contributed by atoms with Crippen molar-refractivity contribution in [2.75, 3.05) is 0 Å². The van der Waals surface area contributed by atoms with Gasteiger partial charge in [0.25, 0.3) is 0 Å². The summed E-state index contributed by atoms with van der Waals surface area (Å²) in [4.78, 5) is 10.5. The Kier molecular flexibility index (Phi) is 8.56. The molecule has 0 amide bonds. The molecule has 0 radical (unpaired) electrons. The summed E-state index contributed by atoms with van der Waals surface area (Å²) in [5, 5.41) is 32.3. The molecular formula is C23H20FNaO4. The van der Waals surface area contributed by atoms with Crippen LogP contribution in [0.15, 0.2) is 66.7 Å². The van der Waals surface area contributed by atoms with Crippen molar-refractivity contribution in [1.29, 1.82) is 0 Å². The molecule has 3 aromatic rings. The first-order chi connectivity index (χ1) is 13.4. The second-order valence-electron chi connectivity index (χ2n) is 6.65. The molecular weight excluding hydrogens is 382 g/mol. The number of carbonyl (C=O) groups is 1. The van der Waals surface area contributed by atoms with E-state index in [1.54, 1.807) is 18.2 Å². The number of rotatable bonds is 7. The Balaban J connectivity index is 0.00000300. The zero-order valence-corrected chi connectivity index (χ0v) is 18.1. The van der Waals surface area contributed by atoms with Crippen LogP contribution in [0.4, 0.5) is 4.39 Å². The van der Waals surface area contributed by atoms with Gasteiger partial charge in [0.1, 0.15) is 5.82 Å². The van der Waals surface area contributed by atoms with Crippen molar-refractivity contribution < 1.29 is 54.1 Å². The Labute approximate surface area is 190 Å². The van der Waals surface area contributed by atoms with Crippen molar-refractivity contribution in [2.24, 2.45) is 0 Å². The molecule has 0 saturated carbocycles. The summed E-state index contributed by atoms with van der Waals surface area (Å²) in [6.07, 6.45) is 0.425. The Morgan fingerprint density at radius 2 is 1.72 bits per heavy atom. The Morgan fingerprint density at radius 3 is 2.41 bits per heavy atom. The summed E-state index contributed by atoms with van der Waals surface area (Å²) in [6.45, 7) is 0. The number of fused-ring (bicyclic) bond motifs is 1. The summed E-state index contributed by atoms with van der Waals surface area (Å²) in [7, 11) is 0. The standard InChI is InChI=1S/C23H21FO4.Na/c24-17-8-5-16(6-9-17)21-11-7-15-3-1-2-4-20(15)22(21)12-10-18(25)13-19(26)14-23(27)28;/h1-12,18-19,25-26H,13-14H2,(H,27,28);/q;+1/p-1/b12-10+;. The van der Waals surface area contributed by atoms with Crippen molar-refractivity contribution in [3.05, 3.63) is 78.1 Å². The zero-order valence-electron chi connectivity index (χ0n) is 16.1. The topological polar surface area (TPSA) is 80.6 Å². The van der Waals surface area contributed by atoms with Crippen molar-refractivity contribution in [3.8, 4) is 11.1 Å². The molecule has 0 spiro atoms. The minimum absolute atomic E-state index is 0. The van der Waals surface area contributed by atoms with Crippen molar-refractivity contribution in [2.45, 2.75) is 25.0 Å². The summed E-state index contributed by atoms with van der Waals surface area (Å²) in [5.41, 5.74) is 2.55. The van der Waals surface area contributed by atoms with Crippen LogP contribution in [-0.2, 0) is 4.79 Å².